The lowest BCUT2D eigenvalue weighted by Crippen LogP contribution is -2.26. The Morgan fingerprint density at radius 2 is 2.45 bits per heavy atom. The molecule has 3 N–H and O–H groups in total. The Bertz CT molecular complexity index is 149. The number of aliphatic hydroxyl groups excluding tert-OH is 1. The van der Waals surface area contributed by atoms with Crippen molar-refractivity contribution in [3.8, 4) is 0 Å². The van der Waals surface area contributed by atoms with Crippen LogP contribution >= 0.6 is 0 Å². The summed E-state index contributed by atoms with van der Waals surface area (Å²) in [5.41, 5.74) is 0. The monoisotopic (exact) mass is 158 g/mol. The van der Waals surface area contributed by atoms with Crippen LogP contribution in [0.3, 0.4) is 0 Å². The van der Waals surface area contributed by atoms with E-state index in [1.165, 1.54) is 0 Å². The van der Waals surface area contributed by atoms with Crippen molar-refractivity contribution in [3.05, 3.63) is 0 Å². The van der Waals surface area contributed by atoms with E-state index in [1.807, 2.05) is 0 Å². The lowest BCUT2D eigenvalue weighted by atomic mass is 10.0. The lowest BCUT2D eigenvalue weighted by molar-refractivity contribution is -0.122. The Kier molecular flexibility index (Phi) is 2.84. The van der Waals surface area contributed by atoms with Crippen LogP contribution in [0.25, 0.3) is 0 Å². The highest BCUT2D eigenvalue weighted by Gasteiger charge is 2.26. The van der Waals surface area contributed by atoms with Gasteiger partial charge in [0.25, 0.3) is 0 Å². The van der Waals surface area contributed by atoms with Gasteiger partial charge in [-0.25, -0.2) is 0 Å². The third-order valence-corrected chi connectivity index (χ3v) is 2.03. The molecule has 0 aromatic heterocycles. The molecule has 64 valence electrons. The molecule has 0 aromatic carbocycles. The van der Waals surface area contributed by atoms with E-state index in [1.54, 1.807) is 7.05 Å². The van der Waals surface area contributed by atoms with Crippen LogP contribution in [-0.4, -0.2) is 37.3 Å². The van der Waals surface area contributed by atoms with Crippen molar-refractivity contribution >= 4 is 5.91 Å². The molecule has 0 bridgehead atoms. The number of amides is 1. The Balaban J connectivity index is 2.30. The highest BCUT2D eigenvalue weighted by Crippen LogP contribution is 2.12. The Morgan fingerprint density at radius 1 is 1.73 bits per heavy atom. The van der Waals surface area contributed by atoms with Gasteiger partial charge in [0.1, 0.15) is 0 Å². The minimum absolute atomic E-state index is 0.00208. The standard InChI is InChI=1S/C7H14N2O2/c1-8-7(11)2-5-3-9-4-6(5)10/h5-6,9-10H,2-4H2,1H3,(H,8,11). The fourth-order valence-electron chi connectivity index (χ4n) is 1.27. The van der Waals surface area contributed by atoms with E-state index in [2.05, 4.69) is 10.6 Å². The Hall–Kier alpha value is -0.610. The second-order valence-electron chi connectivity index (χ2n) is 2.86. The van der Waals surface area contributed by atoms with Crippen molar-refractivity contribution in [2.24, 2.45) is 5.92 Å². The van der Waals surface area contributed by atoms with Gasteiger partial charge in [-0.15, -0.1) is 0 Å². The minimum atomic E-state index is -0.354. The van der Waals surface area contributed by atoms with E-state index in [0.717, 1.165) is 6.54 Å². The first kappa shape index (κ1) is 8.49. The summed E-state index contributed by atoms with van der Waals surface area (Å²) in [6.45, 7) is 1.36. The van der Waals surface area contributed by atoms with Gasteiger partial charge < -0.3 is 15.7 Å². The molecule has 1 saturated heterocycles. The third-order valence-electron chi connectivity index (χ3n) is 2.03. The largest absolute Gasteiger partial charge is 0.391 e. The van der Waals surface area contributed by atoms with Gasteiger partial charge in [-0.1, -0.05) is 0 Å². The SMILES string of the molecule is CNC(=O)CC1CNCC1O. The second-order valence-corrected chi connectivity index (χ2v) is 2.86. The number of carbonyl (C=O) groups excluding carboxylic acids is 1. The van der Waals surface area contributed by atoms with Crippen LogP contribution in [-0.2, 0) is 4.79 Å². The van der Waals surface area contributed by atoms with Crippen molar-refractivity contribution in [1.82, 2.24) is 10.6 Å². The van der Waals surface area contributed by atoms with Crippen LogP contribution in [0.4, 0.5) is 0 Å². The molecule has 4 nitrogen and oxygen atoms in total. The fraction of sp³-hybridized carbons (Fsp3) is 0.857. The smallest absolute Gasteiger partial charge is 0.220 e. The summed E-state index contributed by atoms with van der Waals surface area (Å²) in [6.07, 6.45) is 0.0669. The Morgan fingerprint density at radius 3 is 2.91 bits per heavy atom. The summed E-state index contributed by atoms with van der Waals surface area (Å²) >= 11 is 0. The molecule has 1 aliphatic rings. The number of rotatable bonds is 2. The van der Waals surface area contributed by atoms with Crippen LogP contribution in [0.2, 0.25) is 0 Å². The summed E-state index contributed by atoms with van der Waals surface area (Å²) in [6, 6.07) is 0. The maximum absolute atomic E-state index is 10.9. The van der Waals surface area contributed by atoms with Crippen molar-refractivity contribution in [3.63, 3.8) is 0 Å². The molecular weight excluding hydrogens is 144 g/mol. The zero-order valence-electron chi connectivity index (χ0n) is 6.63. The zero-order chi connectivity index (χ0) is 8.27. The normalized spacial score (nSPS) is 30.4. The molecule has 0 aromatic rings. The molecule has 1 heterocycles. The molecule has 1 fully saturated rings. The first-order chi connectivity index (χ1) is 5.24. The number of carbonyl (C=O) groups is 1. The maximum atomic E-state index is 10.9. The molecule has 0 radical (unpaired) electrons. The molecule has 11 heavy (non-hydrogen) atoms. The molecule has 0 saturated carbocycles. The third kappa shape index (κ3) is 2.17. The molecule has 1 rings (SSSR count). The predicted octanol–water partition coefficient (Wildman–Crippen LogP) is -1.30. The first-order valence-electron chi connectivity index (χ1n) is 3.83. The first-order valence-corrected chi connectivity index (χ1v) is 3.83. The summed E-state index contributed by atoms with van der Waals surface area (Å²) in [4.78, 5) is 10.9. The van der Waals surface area contributed by atoms with E-state index >= 15 is 0 Å². The number of hydrogen-bond acceptors (Lipinski definition) is 3. The molecule has 0 spiro atoms. The van der Waals surface area contributed by atoms with Crippen molar-refractivity contribution in [1.29, 1.82) is 0 Å². The van der Waals surface area contributed by atoms with Crippen molar-refractivity contribution in [2.45, 2.75) is 12.5 Å². The highest BCUT2D eigenvalue weighted by molar-refractivity contribution is 5.75. The minimum Gasteiger partial charge on any atom is -0.391 e. The summed E-state index contributed by atoms with van der Waals surface area (Å²) in [5.74, 6) is 0.0905. The maximum Gasteiger partial charge on any atom is 0.220 e. The molecule has 0 aliphatic carbocycles. The van der Waals surface area contributed by atoms with E-state index < -0.39 is 0 Å². The number of aliphatic hydroxyl groups is 1. The summed E-state index contributed by atoms with van der Waals surface area (Å²) in [7, 11) is 1.61. The highest BCUT2D eigenvalue weighted by atomic mass is 16.3. The van der Waals surface area contributed by atoms with Gasteiger partial charge in [-0.2, -0.15) is 0 Å². The fourth-order valence-corrected chi connectivity index (χ4v) is 1.27. The average Bonchev–Trinajstić information content (AvgIpc) is 2.37. The van der Waals surface area contributed by atoms with Crippen molar-refractivity contribution < 1.29 is 9.90 Å². The summed E-state index contributed by atoms with van der Waals surface area (Å²) < 4.78 is 0. The van der Waals surface area contributed by atoms with E-state index in [-0.39, 0.29) is 17.9 Å². The van der Waals surface area contributed by atoms with Crippen molar-refractivity contribution in [2.75, 3.05) is 20.1 Å². The van der Waals surface area contributed by atoms with Crippen LogP contribution in [0.15, 0.2) is 0 Å². The molecule has 2 atom stereocenters. The molecule has 1 amide bonds. The van der Waals surface area contributed by atoms with Crippen LogP contribution < -0.4 is 10.6 Å². The zero-order valence-corrected chi connectivity index (χ0v) is 6.63. The van der Waals surface area contributed by atoms with Gasteiger partial charge in [0, 0.05) is 32.5 Å². The number of nitrogens with one attached hydrogen (secondary N) is 2. The van der Waals surface area contributed by atoms with Crippen LogP contribution in [0, 0.1) is 5.92 Å². The molecule has 1 aliphatic heterocycles. The van der Waals surface area contributed by atoms with Gasteiger partial charge >= 0.3 is 0 Å². The predicted molar refractivity (Wildman–Crippen MR) is 41.1 cm³/mol. The molecular formula is C7H14N2O2. The summed E-state index contributed by atoms with van der Waals surface area (Å²) in [5, 5.41) is 14.8. The van der Waals surface area contributed by atoms with Gasteiger partial charge in [-0.05, 0) is 0 Å². The number of hydrogen-bond donors (Lipinski definition) is 3. The van der Waals surface area contributed by atoms with E-state index in [9.17, 15) is 9.90 Å². The van der Waals surface area contributed by atoms with Gasteiger partial charge in [0.05, 0.1) is 6.10 Å². The van der Waals surface area contributed by atoms with Gasteiger partial charge in [0.15, 0.2) is 0 Å². The molecule has 4 heteroatoms. The van der Waals surface area contributed by atoms with Gasteiger partial charge in [0.2, 0.25) is 5.91 Å². The quantitative estimate of drug-likeness (QED) is 0.468. The molecule has 2 unspecified atom stereocenters. The Labute approximate surface area is 66.0 Å². The second kappa shape index (κ2) is 3.69. The van der Waals surface area contributed by atoms with Crippen LogP contribution in [0.5, 0.6) is 0 Å². The van der Waals surface area contributed by atoms with Gasteiger partial charge in [-0.3, -0.25) is 4.79 Å². The average molecular weight is 158 g/mol. The topological polar surface area (TPSA) is 61.4 Å². The lowest BCUT2D eigenvalue weighted by Gasteiger charge is -2.10. The van der Waals surface area contributed by atoms with E-state index in [0.29, 0.717) is 13.0 Å². The van der Waals surface area contributed by atoms with Crippen LogP contribution in [0.1, 0.15) is 6.42 Å². The van der Waals surface area contributed by atoms with E-state index in [4.69, 9.17) is 0 Å². The number of β-amino-alcohol motifs (C(OH)–C–C–N with tert-alkyl or cyclic N) is 1.